The first-order valence-corrected chi connectivity index (χ1v) is 5.68. The van der Waals surface area contributed by atoms with E-state index in [0.29, 0.717) is 11.4 Å². The number of nitrogens with zero attached hydrogens (tertiary/aromatic N) is 2. The molecule has 90 valence electrons. The predicted octanol–water partition coefficient (Wildman–Crippen LogP) is 3.23. The van der Waals surface area contributed by atoms with Crippen molar-refractivity contribution in [1.82, 2.24) is 4.98 Å². The molecule has 0 spiro atoms. The Kier molecular flexibility index (Phi) is 3.44. The summed E-state index contributed by atoms with van der Waals surface area (Å²) >= 11 is 3.02. The fourth-order valence-electron chi connectivity index (χ4n) is 1.30. The predicted molar refractivity (Wildman–Crippen MR) is 67.5 cm³/mol. The molecule has 0 unspecified atom stereocenters. The Hall–Kier alpha value is -2.13. The van der Waals surface area contributed by atoms with Gasteiger partial charge >= 0.3 is 0 Å². The molecule has 0 aliphatic rings. The van der Waals surface area contributed by atoms with Gasteiger partial charge < -0.3 is 10.5 Å². The first kappa shape index (κ1) is 12.3. The van der Waals surface area contributed by atoms with Crippen molar-refractivity contribution < 1.29 is 9.13 Å². The molecule has 0 aliphatic heterocycles. The number of nitriles is 1. The molecule has 0 saturated heterocycles. The van der Waals surface area contributed by atoms with Crippen molar-refractivity contribution in [3.05, 3.63) is 46.4 Å². The van der Waals surface area contributed by atoms with Crippen LogP contribution < -0.4 is 10.5 Å². The third-order valence-electron chi connectivity index (χ3n) is 2.13. The van der Waals surface area contributed by atoms with E-state index in [1.165, 1.54) is 24.4 Å². The Balaban J connectivity index is 2.34. The normalized spacial score (nSPS) is 9.83. The van der Waals surface area contributed by atoms with E-state index in [2.05, 4.69) is 20.9 Å². The molecular weight excluding hydrogens is 301 g/mol. The zero-order valence-corrected chi connectivity index (χ0v) is 10.6. The quantitative estimate of drug-likeness (QED) is 0.865. The van der Waals surface area contributed by atoms with Crippen molar-refractivity contribution in [2.45, 2.75) is 0 Å². The third kappa shape index (κ3) is 2.57. The maximum atomic E-state index is 13.4. The van der Waals surface area contributed by atoms with Crippen LogP contribution in [-0.2, 0) is 0 Å². The van der Waals surface area contributed by atoms with Gasteiger partial charge in [0.2, 0.25) is 0 Å². The summed E-state index contributed by atoms with van der Waals surface area (Å²) in [6.07, 6.45) is 1.43. The van der Waals surface area contributed by atoms with Crippen LogP contribution >= 0.6 is 15.9 Å². The average Bonchev–Trinajstić information content (AvgIpc) is 2.36. The van der Waals surface area contributed by atoms with E-state index in [1.807, 2.05) is 6.07 Å². The van der Waals surface area contributed by atoms with Crippen molar-refractivity contribution in [3.63, 3.8) is 0 Å². The minimum absolute atomic E-state index is 0.186. The highest BCUT2D eigenvalue weighted by atomic mass is 79.9. The molecule has 18 heavy (non-hydrogen) atoms. The lowest BCUT2D eigenvalue weighted by Gasteiger charge is -2.09. The summed E-state index contributed by atoms with van der Waals surface area (Å²) in [4.78, 5) is 3.80. The van der Waals surface area contributed by atoms with E-state index < -0.39 is 5.82 Å². The molecule has 0 aliphatic carbocycles. The zero-order chi connectivity index (χ0) is 13.1. The van der Waals surface area contributed by atoms with Crippen molar-refractivity contribution in [2.24, 2.45) is 0 Å². The molecule has 0 saturated carbocycles. The monoisotopic (exact) mass is 307 g/mol. The van der Waals surface area contributed by atoms with Gasteiger partial charge in [0.15, 0.2) is 5.75 Å². The molecule has 0 atom stereocenters. The molecule has 2 rings (SSSR count). The second-order valence-electron chi connectivity index (χ2n) is 3.39. The lowest BCUT2D eigenvalue weighted by atomic mass is 10.3. The van der Waals surface area contributed by atoms with Gasteiger partial charge in [0, 0.05) is 18.3 Å². The van der Waals surface area contributed by atoms with Gasteiger partial charge in [-0.15, -0.1) is 0 Å². The zero-order valence-electron chi connectivity index (χ0n) is 9.02. The molecule has 1 heterocycles. The number of aromatic nitrogens is 1. The van der Waals surface area contributed by atoms with Crippen LogP contribution in [0.15, 0.2) is 34.9 Å². The number of nitrogen functional groups attached to an aromatic ring is 1. The summed E-state index contributed by atoms with van der Waals surface area (Å²) < 4.78 is 19.0. The van der Waals surface area contributed by atoms with Gasteiger partial charge in [-0.1, -0.05) is 0 Å². The van der Waals surface area contributed by atoms with E-state index in [-0.39, 0.29) is 15.9 Å². The van der Waals surface area contributed by atoms with Gasteiger partial charge in [-0.05, 0) is 28.1 Å². The number of rotatable bonds is 2. The van der Waals surface area contributed by atoms with E-state index in [4.69, 9.17) is 15.7 Å². The molecule has 0 bridgehead atoms. The fourth-order valence-corrected chi connectivity index (χ4v) is 1.66. The minimum atomic E-state index is -0.478. The Bertz CT molecular complexity index is 640. The Morgan fingerprint density at radius 2 is 2.17 bits per heavy atom. The molecule has 0 radical (unpaired) electrons. The third-order valence-corrected chi connectivity index (χ3v) is 2.73. The molecule has 0 fully saturated rings. The van der Waals surface area contributed by atoms with Gasteiger partial charge in [0.05, 0.1) is 10.2 Å². The Morgan fingerprint density at radius 3 is 2.89 bits per heavy atom. The van der Waals surface area contributed by atoms with Crippen LogP contribution in [0.3, 0.4) is 0 Å². The van der Waals surface area contributed by atoms with Crippen molar-refractivity contribution in [3.8, 4) is 17.6 Å². The molecule has 6 heteroatoms. The number of pyridine rings is 1. The Labute approximate surface area is 111 Å². The number of anilines is 1. The van der Waals surface area contributed by atoms with Gasteiger partial charge in [-0.3, -0.25) is 0 Å². The highest BCUT2D eigenvalue weighted by Gasteiger charge is 2.08. The first-order chi connectivity index (χ1) is 8.60. The summed E-state index contributed by atoms with van der Waals surface area (Å²) in [6, 6.07) is 7.47. The Morgan fingerprint density at radius 1 is 1.39 bits per heavy atom. The van der Waals surface area contributed by atoms with Crippen molar-refractivity contribution in [2.75, 3.05) is 5.73 Å². The summed E-state index contributed by atoms with van der Waals surface area (Å²) in [5, 5.41) is 8.70. The van der Waals surface area contributed by atoms with Crippen LogP contribution in [0.5, 0.6) is 11.5 Å². The van der Waals surface area contributed by atoms with Crippen molar-refractivity contribution in [1.29, 1.82) is 5.26 Å². The van der Waals surface area contributed by atoms with E-state index in [0.717, 1.165) is 0 Å². The van der Waals surface area contributed by atoms with Crippen LogP contribution in [-0.4, -0.2) is 4.98 Å². The number of hydrogen-bond acceptors (Lipinski definition) is 4. The summed E-state index contributed by atoms with van der Waals surface area (Å²) in [6.45, 7) is 0. The highest BCUT2D eigenvalue weighted by molar-refractivity contribution is 9.10. The number of benzene rings is 1. The molecular formula is C12H7BrFN3O. The lowest BCUT2D eigenvalue weighted by molar-refractivity contribution is 0.478. The number of nitrogens with two attached hydrogens (primary N) is 1. The standard InChI is InChI=1S/C12H7BrFN3O/c13-9-4-11(16)12(5-10(9)14)18-8-1-2-17-7(3-8)6-15/h1-5H,16H2. The van der Waals surface area contributed by atoms with E-state index in [1.54, 1.807) is 6.07 Å². The van der Waals surface area contributed by atoms with E-state index in [9.17, 15) is 4.39 Å². The van der Waals surface area contributed by atoms with Crippen LogP contribution in [0.1, 0.15) is 5.69 Å². The maximum Gasteiger partial charge on any atom is 0.153 e. The maximum absolute atomic E-state index is 13.4. The molecule has 2 N–H and O–H groups in total. The minimum Gasteiger partial charge on any atom is -0.455 e. The summed E-state index contributed by atoms with van der Waals surface area (Å²) in [5.41, 5.74) is 6.21. The molecule has 2 aromatic rings. The summed E-state index contributed by atoms with van der Waals surface area (Å²) in [7, 11) is 0. The molecule has 4 nitrogen and oxygen atoms in total. The van der Waals surface area contributed by atoms with Crippen LogP contribution in [0.25, 0.3) is 0 Å². The van der Waals surface area contributed by atoms with Gasteiger partial charge in [0.25, 0.3) is 0 Å². The number of halogens is 2. The van der Waals surface area contributed by atoms with E-state index >= 15 is 0 Å². The number of ether oxygens (including phenoxy) is 1. The van der Waals surface area contributed by atoms with Crippen LogP contribution in [0, 0.1) is 17.1 Å². The van der Waals surface area contributed by atoms with Crippen LogP contribution in [0.4, 0.5) is 10.1 Å². The molecule has 1 aromatic carbocycles. The van der Waals surface area contributed by atoms with Gasteiger partial charge in [-0.25, -0.2) is 9.37 Å². The number of hydrogen-bond donors (Lipinski definition) is 1. The second kappa shape index (κ2) is 5.02. The van der Waals surface area contributed by atoms with Crippen molar-refractivity contribution >= 4 is 21.6 Å². The lowest BCUT2D eigenvalue weighted by Crippen LogP contribution is -1.94. The first-order valence-electron chi connectivity index (χ1n) is 4.88. The van der Waals surface area contributed by atoms with Crippen LogP contribution in [0.2, 0.25) is 0 Å². The SMILES string of the molecule is N#Cc1cc(Oc2cc(F)c(Br)cc2N)ccn1. The molecule has 1 aromatic heterocycles. The van der Waals surface area contributed by atoms with Gasteiger partial charge in [-0.2, -0.15) is 5.26 Å². The summed E-state index contributed by atoms with van der Waals surface area (Å²) in [5.74, 6) is 0.0783. The molecule has 0 amide bonds. The highest BCUT2D eigenvalue weighted by Crippen LogP contribution is 2.31. The topological polar surface area (TPSA) is 71.9 Å². The average molecular weight is 308 g/mol. The van der Waals surface area contributed by atoms with Gasteiger partial charge in [0.1, 0.15) is 23.3 Å². The fraction of sp³-hybridized carbons (Fsp3) is 0. The second-order valence-corrected chi connectivity index (χ2v) is 4.25. The largest absolute Gasteiger partial charge is 0.455 e. The smallest absolute Gasteiger partial charge is 0.153 e.